The van der Waals surface area contributed by atoms with E-state index in [0.717, 1.165) is 34.4 Å². The van der Waals surface area contributed by atoms with Crippen LogP contribution >= 0.6 is 15.9 Å². The topological polar surface area (TPSA) is 20.3 Å². The van der Waals surface area contributed by atoms with Gasteiger partial charge >= 0.3 is 0 Å². The molecule has 2 nitrogen and oxygen atoms in total. The predicted octanol–water partition coefficient (Wildman–Crippen LogP) is 4.41. The van der Waals surface area contributed by atoms with Crippen molar-refractivity contribution in [1.29, 1.82) is 0 Å². The monoisotopic (exact) mass is 323 g/mol. The van der Waals surface area contributed by atoms with E-state index in [-0.39, 0.29) is 5.91 Å². The molecule has 2 unspecified atom stereocenters. The second-order valence-corrected chi connectivity index (χ2v) is 6.72. The fourth-order valence-electron chi connectivity index (χ4n) is 2.93. The smallest absolute Gasteiger partial charge is 0.254 e. The summed E-state index contributed by atoms with van der Waals surface area (Å²) in [5.41, 5.74) is 1.86. The summed E-state index contributed by atoms with van der Waals surface area (Å²) in [5, 5.41) is 0. The molecule has 0 N–H and O–H groups in total. The van der Waals surface area contributed by atoms with Crippen LogP contribution in [0.3, 0.4) is 0 Å². The minimum atomic E-state index is 0.151. The first-order chi connectivity index (χ1) is 8.99. The summed E-state index contributed by atoms with van der Waals surface area (Å²) in [6.45, 7) is 4.28. The number of carbonyl (C=O) groups is 1. The molecule has 0 aromatic heterocycles. The van der Waals surface area contributed by atoms with Crippen molar-refractivity contribution in [2.24, 2.45) is 5.92 Å². The van der Waals surface area contributed by atoms with Crippen LogP contribution in [0, 0.1) is 12.8 Å². The maximum absolute atomic E-state index is 12.6. The summed E-state index contributed by atoms with van der Waals surface area (Å²) in [6.07, 6.45) is 4.81. The van der Waals surface area contributed by atoms with Gasteiger partial charge in [-0.2, -0.15) is 0 Å². The summed E-state index contributed by atoms with van der Waals surface area (Å²) < 4.78 is 0.965. The summed E-state index contributed by atoms with van der Waals surface area (Å²) in [6, 6.07) is 6.30. The molecule has 0 aliphatic heterocycles. The number of aryl methyl sites for hydroxylation is 1. The van der Waals surface area contributed by atoms with Crippen molar-refractivity contribution in [2.75, 3.05) is 7.05 Å². The van der Waals surface area contributed by atoms with E-state index < -0.39 is 0 Å². The molecule has 1 aromatic rings. The van der Waals surface area contributed by atoms with Crippen LogP contribution in [0.4, 0.5) is 0 Å². The Morgan fingerprint density at radius 1 is 1.37 bits per heavy atom. The van der Waals surface area contributed by atoms with Crippen molar-refractivity contribution in [3.05, 3.63) is 33.8 Å². The van der Waals surface area contributed by atoms with Gasteiger partial charge < -0.3 is 4.90 Å². The van der Waals surface area contributed by atoms with Gasteiger partial charge in [-0.1, -0.05) is 41.8 Å². The van der Waals surface area contributed by atoms with Crippen molar-refractivity contribution >= 4 is 21.8 Å². The lowest BCUT2D eigenvalue weighted by Gasteiger charge is -2.34. The van der Waals surface area contributed by atoms with E-state index in [9.17, 15) is 4.79 Å². The lowest BCUT2D eigenvalue weighted by atomic mass is 9.86. The number of benzene rings is 1. The molecule has 0 bridgehead atoms. The standard InChI is InChI=1S/C16H22BrNO/c1-11-5-4-6-14(9-11)18(3)16(19)15-10-13(17)8-7-12(15)2/h7-8,10-11,14H,4-6,9H2,1-3H3. The SMILES string of the molecule is Cc1ccc(Br)cc1C(=O)N(C)C1CCCC(C)C1. The van der Waals surface area contributed by atoms with Gasteiger partial charge in [0, 0.05) is 23.1 Å². The van der Waals surface area contributed by atoms with Crippen LogP contribution in [-0.2, 0) is 0 Å². The zero-order valence-corrected chi connectivity index (χ0v) is 13.5. The highest BCUT2D eigenvalue weighted by Gasteiger charge is 2.26. The van der Waals surface area contributed by atoms with Crippen LogP contribution in [0.5, 0.6) is 0 Å². The average Bonchev–Trinajstić information content (AvgIpc) is 2.40. The van der Waals surface area contributed by atoms with E-state index in [2.05, 4.69) is 22.9 Å². The molecule has 1 saturated carbocycles. The lowest BCUT2D eigenvalue weighted by Crippen LogP contribution is -2.40. The normalized spacial score (nSPS) is 23.2. The zero-order chi connectivity index (χ0) is 14.0. The van der Waals surface area contributed by atoms with E-state index in [1.807, 2.05) is 37.1 Å². The van der Waals surface area contributed by atoms with Gasteiger partial charge in [0.15, 0.2) is 0 Å². The van der Waals surface area contributed by atoms with Crippen LogP contribution < -0.4 is 0 Å². The lowest BCUT2D eigenvalue weighted by molar-refractivity contribution is 0.0671. The molecule has 2 atom stereocenters. The highest BCUT2D eigenvalue weighted by Crippen LogP contribution is 2.28. The van der Waals surface area contributed by atoms with E-state index in [4.69, 9.17) is 0 Å². The van der Waals surface area contributed by atoms with Crippen molar-refractivity contribution in [3.63, 3.8) is 0 Å². The van der Waals surface area contributed by atoms with Gasteiger partial charge in [-0.25, -0.2) is 0 Å². The number of rotatable bonds is 2. The van der Waals surface area contributed by atoms with E-state index >= 15 is 0 Å². The molecule has 3 heteroatoms. The van der Waals surface area contributed by atoms with Crippen LogP contribution in [-0.4, -0.2) is 23.9 Å². The third-order valence-corrected chi connectivity index (χ3v) is 4.70. The summed E-state index contributed by atoms with van der Waals surface area (Å²) in [4.78, 5) is 14.6. The number of carbonyl (C=O) groups excluding carboxylic acids is 1. The molecule has 0 radical (unpaired) electrons. The molecule has 1 aromatic carbocycles. The highest BCUT2D eigenvalue weighted by molar-refractivity contribution is 9.10. The predicted molar refractivity (Wildman–Crippen MR) is 82.4 cm³/mol. The van der Waals surface area contributed by atoms with E-state index in [0.29, 0.717) is 6.04 Å². The van der Waals surface area contributed by atoms with Gasteiger partial charge in [-0.05, 0) is 43.4 Å². The second kappa shape index (κ2) is 6.08. The number of hydrogen-bond acceptors (Lipinski definition) is 1. The zero-order valence-electron chi connectivity index (χ0n) is 11.9. The van der Waals surface area contributed by atoms with Crippen LogP contribution in [0.1, 0.15) is 48.5 Å². The number of nitrogens with zero attached hydrogens (tertiary/aromatic N) is 1. The molecular formula is C16H22BrNO. The number of halogens is 1. The Morgan fingerprint density at radius 2 is 2.11 bits per heavy atom. The minimum Gasteiger partial charge on any atom is -0.339 e. The summed E-state index contributed by atoms with van der Waals surface area (Å²) in [7, 11) is 1.95. The number of amides is 1. The molecule has 0 saturated heterocycles. The van der Waals surface area contributed by atoms with Crippen molar-refractivity contribution < 1.29 is 4.79 Å². The maximum Gasteiger partial charge on any atom is 0.254 e. The van der Waals surface area contributed by atoms with Gasteiger partial charge in [0.05, 0.1) is 0 Å². The quantitative estimate of drug-likeness (QED) is 0.789. The maximum atomic E-state index is 12.6. The molecular weight excluding hydrogens is 302 g/mol. The Morgan fingerprint density at radius 3 is 2.79 bits per heavy atom. The minimum absolute atomic E-state index is 0.151. The van der Waals surface area contributed by atoms with Gasteiger partial charge in [-0.15, -0.1) is 0 Å². The van der Waals surface area contributed by atoms with Crippen molar-refractivity contribution in [3.8, 4) is 0 Å². The van der Waals surface area contributed by atoms with E-state index in [1.165, 1.54) is 12.8 Å². The average molecular weight is 324 g/mol. The first kappa shape index (κ1) is 14.6. The fraction of sp³-hybridized carbons (Fsp3) is 0.562. The third kappa shape index (κ3) is 3.38. The third-order valence-electron chi connectivity index (χ3n) is 4.21. The molecule has 2 rings (SSSR count). The Labute approximate surface area is 124 Å². The largest absolute Gasteiger partial charge is 0.339 e. The fourth-order valence-corrected chi connectivity index (χ4v) is 3.30. The van der Waals surface area contributed by atoms with Crippen LogP contribution in [0.15, 0.2) is 22.7 Å². The second-order valence-electron chi connectivity index (χ2n) is 5.80. The molecule has 19 heavy (non-hydrogen) atoms. The Hall–Kier alpha value is -0.830. The Kier molecular flexibility index (Phi) is 4.67. The van der Waals surface area contributed by atoms with E-state index in [1.54, 1.807) is 0 Å². The molecule has 1 fully saturated rings. The van der Waals surface area contributed by atoms with Gasteiger partial charge in [0.25, 0.3) is 5.91 Å². The highest BCUT2D eigenvalue weighted by atomic mass is 79.9. The number of hydrogen-bond donors (Lipinski definition) is 0. The molecule has 0 spiro atoms. The summed E-state index contributed by atoms with van der Waals surface area (Å²) in [5.74, 6) is 0.885. The molecule has 104 valence electrons. The van der Waals surface area contributed by atoms with Gasteiger partial charge in [-0.3, -0.25) is 4.79 Å². The van der Waals surface area contributed by atoms with Crippen LogP contribution in [0.25, 0.3) is 0 Å². The molecule has 1 aliphatic carbocycles. The first-order valence-electron chi connectivity index (χ1n) is 7.02. The molecule has 0 heterocycles. The van der Waals surface area contributed by atoms with Gasteiger partial charge in [0.2, 0.25) is 0 Å². The van der Waals surface area contributed by atoms with Gasteiger partial charge in [0.1, 0.15) is 0 Å². The van der Waals surface area contributed by atoms with Crippen LogP contribution in [0.2, 0.25) is 0 Å². The Balaban J connectivity index is 2.16. The first-order valence-corrected chi connectivity index (χ1v) is 7.81. The molecule has 1 aliphatic rings. The van der Waals surface area contributed by atoms with Crippen molar-refractivity contribution in [2.45, 2.75) is 45.6 Å². The van der Waals surface area contributed by atoms with Crippen molar-refractivity contribution in [1.82, 2.24) is 4.90 Å². The Bertz CT molecular complexity index is 472. The summed E-state index contributed by atoms with van der Waals surface area (Å²) >= 11 is 3.45. The molecule has 1 amide bonds.